The van der Waals surface area contributed by atoms with Gasteiger partial charge in [-0.05, 0) is 59.7 Å². The molecule has 2 aromatic carbocycles. The van der Waals surface area contributed by atoms with Gasteiger partial charge in [0.05, 0.1) is 4.90 Å². The topological polar surface area (TPSA) is 57.2 Å². The summed E-state index contributed by atoms with van der Waals surface area (Å²) in [5, 5.41) is 1.55. The van der Waals surface area contributed by atoms with Gasteiger partial charge in [-0.3, -0.25) is 0 Å². The van der Waals surface area contributed by atoms with Gasteiger partial charge in [-0.1, -0.05) is 148 Å². The maximum atomic E-state index is 12.0. The molecule has 0 heterocycles. The third kappa shape index (κ3) is 15.9. The number of unbranched alkanes of at least 4 members (excludes halogenated alkanes) is 18. The Hall–Kier alpha value is 0.246. The summed E-state index contributed by atoms with van der Waals surface area (Å²) in [5.41, 5.74) is 2.30. The molecule has 0 bridgehead atoms. The van der Waals surface area contributed by atoms with Gasteiger partial charge in [0.15, 0.2) is 0 Å². The molecule has 0 saturated carbocycles. The van der Waals surface area contributed by atoms with Crippen molar-refractivity contribution in [2.24, 2.45) is 0 Å². The van der Waals surface area contributed by atoms with Crippen molar-refractivity contribution in [2.45, 2.75) is 160 Å². The summed E-state index contributed by atoms with van der Waals surface area (Å²) < 4.78 is 36.0. The Balaban J connectivity index is 0.00000760. The van der Waals surface area contributed by atoms with E-state index >= 15 is 0 Å². The number of hydrogen-bond donors (Lipinski definition) is 0. The maximum Gasteiger partial charge on any atom is 1.00 e. The van der Waals surface area contributed by atoms with Gasteiger partial charge in [-0.2, -0.15) is 0 Å². The molecule has 0 fully saturated rings. The molecule has 0 N–H and O–H groups in total. The molecule has 39 heavy (non-hydrogen) atoms. The summed E-state index contributed by atoms with van der Waals surface area (Å²) in [6.45, 7) is 4.52. The van der Waals surface area contributed by atoms with Crippen LogP contribution in [-0.4, -0.2) is 13.0 Å². The van der Waals surface area contributed by atoms with Crippen molar-refractivity contribution in [3.8, 4) is 0 Å². The second-order valence-electron chi connectivity index (χ2n) is 11.4. The smallest absolute Gasteiger partial charge is 0.744 e. The van der Waals surface area contributed by atoms with E-state index in [2.05, 4.69) is 26.0 Å². The molecule has 0 aliphatic carbocycles. The average molecular weight is 583 g/mol. The van der Waals surface area contributed by atoms with Gasteiger partial charge in [0.2, 0.25) is 0 Å². The zero-order valence-corrected chi connectivity index (χ0v) is 29.5. The summed E-state index contributed by atoms with van der Waals surface area (Å²) in [4.78, 5) is -0.0655. The molecular weight excluding hydrogens is 528 g/mol. The summed E-state index contributed by atoms with van der Waals surface area (Å²) in [6.07, 6.45) is 27.9. The van der Waals surface area contributed by atoms with Gasteiger partial charge >= 0.3 is 51.4 Å². The third-order valence-electron chi connectivity index (χ3n) is 8.02. The van der Waals surface area contributed by atoms with Crippen LogP contribution in [0.3, 0.4) is 0 Å². The molecule has 0 aliphatic rings. The van der Waals surface area contributed by atoms with Crippen LogP contribution in [0.25, 0.3) is 10.8 Å². The van der Waals surface area contributed by atoms with Crippen molar-refractivity contribution in [1.82, 2.24) is 0 Å². The fraction of sp³-hybridized carbons (Fsp3) is 0.706. The molecule has 0 radical (unpaired) electrons. The van der Waals surface area contributed by atoms with Crippen LogP contribution >= 0.6 is 0 Å². The van der Waals surface area contributed by atoms with E-state index in [1.165, 1.54) is 116 Å². The van der Waals surface area contributed by atoms with Gasteiger partial charge in [0.1, 0.15) is 10.1 Å². The number of hydrogen-bond acceptors (Lipinski definition) is 3. The Kier molecular flexibility index (Phi) is 21.8. The molecule has 0 spiro atoms. The molecule has 0 atom stereocenters. The number of rotatable bonds is 23. The van der Waals surface area contributed by atoms with E-state index in [4.69, 9.17) is 0 Å². The van der Waals surface area contributed by atoms with Crippen molar-refractivity contribution in [2.75, 3.05) is 0 Å². The Morgan fingerprint density at radius 1 is 0.538 bits per heavy atom. The standard InChI is InChI=1S/C34H56O3S.K/c1-3-5-7-9-11-13-15-17-19-21-23-30-25-27-32-31(26-28-34(33(32)29-30)38(35,36)37)24-22-20-18-16-14-12-10-8-6-4-2;/h25-29H,3-24H2,1-2H3,(H,35,36,37);/q;+1/p-1. The van der Waals surface area contributed by atoms with Crippen molar-refractivity contribution in [3.05, 3.63) is 41.5 Å². The van der Waals surface area contributed by atoms with Crippen LogP contribution in [0.1, 0.15) is 153 Å². The average Bonchev–Trinajstić information content (AvgIpc) is 2.90. The second-order valence-corrected chi connectivity index (χ2v) is 12.8. The van der Waals surface area contributed by atoms with E-state index < -0.39 is 10.1 Å². The first kappa shape index (κ1) is 37.3. The molecule has 0 unspecified atom stereocenters. The van der Waals surface area contributed by atoms with E-state index in [1.807, 2.05) is 12.1 Å². The normalized spacial score (nSPS) is 11.7. The first-order valence-corrected chi connectivity index (χ1v) is 17.4. The van der Waals surface area contributed by atoms with Crippen LogP contribution in [0.5, 0.6) is 0 Å². The predicted octanol–water partition coefficient (Wildman–Crippen LogP) is 7.67. The predicted molar refractivity (Wildman–Crippen MR) is 163 cm³/mol. The molecule has 5 heteroatoms. The molecule has 216 valence electrons. The van der Waals surface area contributed by atoms with Crippen LogP contribution in [0, 0.1) is 0 Å². The van der Waals surface area contributed by atoms with Crippen LogP contribution in [0.4, 0.5) is 0 Å². The van der Waals surface area contributed by atoms with Crippen molar-refractivity contribution >= 4 is 20.9 Å². The van der Waals surface area contributed by atoms with E-state index in [0.717, 1.165) is 42.2 Å². The largest absolute Gasteiger partial charge is 1.00 e. The van der Waals surface area contributed by atoms with E-state index in [0.29, 0.717) is 5.39 Å². The van der Waals surface area contributed by atoms with E-state index in [-0.39, 0.29) is 56.3 Å². The fourth-order valence-corrected chi connectivity index (χ4v) is 6.32. The van der Waals surface area contributed by atoms with Crippen LogP contribution in [0.15, 0.2) is 35.2 Å². The van der Waals surface area contributed by atoms with Gasteiger partial charge in [0, 0.05) is 0 Å². The Bertz CT molecular complexity index is 1000. The Morgan fingerprint density at radius 3 is 1.44 bits per heavy atom. The minimum atomic E-state index is -4.50. The molecule has 0 aromatic heterocycles. The van der Waals surface area contributed by atoms with Crippen molar-refractivity contribution < 1.29 is 64.4 Å². The van der Waals surface area contributed by atoms with Gasteiger partial charge < -0.3 is 4.55 Å². The monoisotopic (exact) mass is 582 g/mol. The van der Waals surface area contributed by atoms with Gasteiger partial charge in [-0.25, -0.2) is 8.42 Å². The van der Waals surface area contributed by atoms with Crippen LogP contribution in [-0.2, 0) is 23.0 Å². The van der Waals surface area contributed by atoms with Crippen LogP contribution < -0.4 is 51.4 Å². The zero-order chi connectivity index (χ0) is 27.5. The molecule has 3 nitrogen and oxygen atoms in total. The van der Waals surface area contributed by atoms with Crippen LogP contribution in [0.2, 0.25) is 0 Å². The Morgan fingerprint density at radius 2 is 0.974 bits per heavy atom. The quantitative estimate of drug-likeness (QED) is 0.0767. The second kappa shape index (κ2) is 22.8. The zero-order valence-electron chi connectivity index (χ0n) is 25.6. The first-order chi connectivity index (χ1) is 18.5. The molecule has 2 aromatic rings. The van der Waals surface area contributed by atoms with Gasteiger partial charge in [-0.15, -0.1) is 0 Å². The summed E-state index contributed by atoms with van der Waals surface area (Å²) in [6, 6.07) is 9.57. The molecule has 0 saturated heterocycles. The Labute approximate surface area is 283 Å². The van der Waals surface area contributed by atoms with E-state index in [9.17, 15) is 13.0 Å². The third-order valence-corrected chi connectivity index (χ3v) is 8.91. The van der Waals surface area contributed by atoms with E-state index in [1.54, 1.807) is 6.07 Å². The molecule has 0 amide bonds. The minimum absolute atomic E-state index is 0. The first-order valence-electron chi connectivity index (χ1n) is 16.0. The van der Waals surface area contributed by atoms with Crippen molar-refractivity contribution in [3.63, 3.8) is 0 Å². The minimum Gasteiger partial charge on any atom is -0.744 e. The summed E-state index contributed by atoms with van der Waals surface area (Å²) >= 11 is 0. The number of fused-ring (bicyclic) bond motifs is 1. The summed E-state index contributed by atoms with van der Waals surface area (Å²) in [7, 11) is -4.50. The maximum absolute atomic E-state index is 12.0. The van der Waals surface area contributed by atoms with Gasteiger partial charge in [0.25, 0.3) is 0 Å². The number of benzene rings is 2. The molecule has 0 aliphatic heterocycles. The molecule has 2 rings (SSSR count). The SMILES string of the molecule is CCCCCCCCCCCCc1ccc2c(CCCCCCCCCCCC)ccc(S(=O)(=O)[O-])c2c1.[K+]. The summed E-state index contributed by atoms with van der Waals surface area (Å²) in [5.74, 6) is 0. The number of aryl methyl sites for hydroxylation is 2. The fourth-order valence-electron chi connectivity index (χ4n) is 5.64. The van der Waals surface area contributed by atoms with Crippen molar-refractivity contribution in [1.29, 1.82) is 0 Å². The molecular formula is C34H55KO3S.